The summed E-state index contributed by atoms with van der Waals surface area (Å²) in [6.07, 6.45) is 10.3. The Hall–Kier alpha value is -11.4. The van der Waals surface area contributed by atoms with Crippen LogP contribution in [0.5, 0.6) is 34.6 Å². The molecule has 2 aliphatic heterocycles. The number of nitrogens with two attached hydrogens (primary N) is 2. The number of hydrogen-bond donors (Lipinski definition) is 6. The fraction of sp³-hybridized carbons (Fsp3) is 0.330. The van der Waals surface area contributed by atoms with Gasteiger partial charge in [0.1, 0.15) is 57.3 Å². The van der Waals surface area contributed by atoms with Crippen molar-refractivity contribution in [2.24, 2.45) is 0 Å². The van der Waals surface area contributed by atoms with Crippen LogP contribution in [-0.4, -0.2) is 148 Å². The molecule has 27 heteroatoms. The average Bonchev–Trinajstić information content (AvgIpc) is 1.65. The Morgan fingerprint density at radius 3 is 1.25 bits per heavy atom. The second-order valence-electron chi connectivity index (χ2n) is 32.8. The van der Waals surface area contributed by atoms with E-state index in [4.69, 9.17) is 73.8 Å². The first-order valence-electron chi connectivity index (χ1n) is 43.9. The molecule has 0 unspecified atom stereocenters. The number of aliphatic hydroxyl groups excluding tert-OH is 1. The van der Waals surface area contributed by atoms with Crippen LogP contribution in [0.25, 0.3) is 28.2 Å². The number of carbonyl (C=O) groups is 1. The number of benzene rings is 9. The van der Waals surface area contributed by atoms with Gasteiger partial charge in [-0.25, -0.2) is 29.9 Å². The molecular weight excluding hydrogens is 1770 g/mol. The van der Waals surface area contributed by atoms with Crippen LogP contribution in [0.4, 0.5) is 11.6 Å². The van der Waals surface area contributed by atoms with Crippen LogP contribution in [-0.2, 0) is 65.0 Å². The first kappa shape index (κ1) is 102. The number of alkyl halides is 1. The Labute approximate surface area is 783 Å². The monoisotopic (exact) mass is 1890 g/mol. The number of anilines is 2. The molecule has 4 aromatic heterocycles. The van der Waals surface area contributed by atoms with Crippen LogP contribution >= 0.6 is 31.9 Å². The van der Waals surface area contributed by atoms with Gasteiger partial charge in [0.2, 0.25) is 12.2 Å². The van der Waals surface area contributed by atoms with E-state index in [0.717, 1.165) is 104 Å². The minimum atomic E-state index is -0.730. The van der Waals surface area contributed by atoms with Crippen molar-refractivity contribution in [2.75, 3.05) is 56.4 Å². The highest BCUT2D eigenvalue weighted by atomic mass is 79.9. The molecule has 15 rings (SSSR count). The number of carbonyl (C=O) groups excluding carboxylic acids is 1. The Balaban J connectivity index is 0.000000179. The van der Waals surface area contributed by atoms with E-state index in [9.17, 15) is 20.1 Å². The van der Waals surface area contributed by atoms with E-state index < -0.39 is 6.29 Å². The van der Waals surface area contributed by atoms with Crippen LogP contribution in [0.2, 0.25) is 0 Å². The molecule has 6 heterocycles. The van der Waals surface area contributed by atoms with Gasteiger partial charge in [-0.15, -0.1) is 0 Å². The summed E-state index contributed by atoms with van der Waals surface area (Å²) in [5.41, 5.74) is 25.9. The van der Waals surface area contributed by atoms with Gasteiger partial charge in [0, 0.05) is 68.0 Å². The molecule has 0 saturated carbocycles. The molecule has 0 bridgehead atoms. The zero-order valence-corrected chi connectivity index (χ0v) is 80.2. The van der Waals surface area contributed by atoms with Crippen molar-refractivity contribution < 1.29 is 67.5 Å². The predicted octanol–water partition coefficient (Wildman–Crippen LogP) is 19.6. The fourth-order valence-electron chi connectivity index (χ4n) is 12.8. The maximum atomic E-state index is 11.9. The van der Waals surface area contributed by atoms with Gasteiger partial charge < -0.3 is 74.2 Å². The zero-order valence-electron chi connectivity index (χ0n) is 77.0. The molecular formula is C103H123B2Br2N9O14. The number of nitrogen functional groups attached to an aromatic ring is 2. The number of hydrogen-bond acceptors (Lipinski definition) is 22. The third-order valence-electron chi connectivity index (χ3n) is 21.4. The number of phenols is 2. The Kier molecular flexibility index (Phi) is 39.9. The van der Waals surface area contributed by atoms with Crippen LogP contribution in [0.1, 0.15) is 165 Å². The molecule has 0 spiro atoms. The minimum Gasteiger partial charge on any atom is -0.508 e. The lowest BCUT2D eigenvalue weighted by Gasteiger charge is -2.32. The number of aromatic nitrogens is 7. The number of ketones is 1. The number of Topliss-reactive ketones (excluding diaryl/α,β-unsaturated/α-hetero) is 1. The molecule has 23 nitrogen and oxygen atoms in total. The molecule has 130 heavy (non-hydrogen) atoms. The highest BCUT2D eigenvalue weighted by molar-refractivity contribution is 9.10. The van der Waals surface area contributed by atoms with Gasteiger partial charge in [-0.05, 0) is 235 Å². The van der Waals surface area contributed by atoms with E-state index in [1.165, 1.54) is 23.1 Å². The van der Waals surface area contributed by atoms with Gasteiger partial charge in [-0.2, -0.15) is 0 Å². The first-order valence-corrected chi connectivity index (χ1v) is 45.8. The van der Waals surface area contributed by atoms with Crippen molar-refractivity contribution in [3.05, 3.63) is 316 Å². The van der Waals surface area contributed by atoms with Gasteiger partial charge in [-0.1, -0.05) is 194 Å². The van der Waals surface area contributed by atoms with Crippen molar-refractivity contribution in [1.82, 2.24) is 34.3 Å². The number of phenolic OH excluding ortho intramolecular Hbond substituents is 2. The maximum absolute atomic E-state index is 11.9. The van der Waals surface area contributed by atoms with E-state index >= 15 is 0 Å². The molecule has 0 radical (unpaired) electrons. The Morgan fingerprint density at radius 1 is 0.446 bits per heavy atom. The lowest BCUT2D eigenvalue weighted by Crippen LogP contribution is -2.41. The molecule has 2 fully saturated rings. The number of nitrogens with zero attached hydrogens (tertiary/aromatic N) is 7. The largest absolute Gasteiger partial charge is 0.508 e. The fourth-order valence-corrected chi connectivity index (χ4v) is 13.1. The summed E-state index contributed by atoms with van der Waals surface area (Å²) in [6, 6.07) is 75.3. The second-order valence-corrected chi connectivity index (χ2v) is 34.4. The molecule has 8 N–H and O–H groups in total. The maximum Gasteiger partial charge on any atom is 0.494 e. The van der Waals surface area contributed by atoms with Gasteiger partial charge in [0.05, 0.1) is 83.1 Å². The zero-order chi connectivity index (χ0) is 93.8. The molecule has 2 saturated heterocycles. The van der Waals surface area contributed by atoms with Crippen molar-refractivity contribution in [2.45, 2.75) is 177 Å². The van der Waals surface area contributed by atoms with Crippen LogP contribution in [0.15, 0.2) is 260 Å². The van der Waals surface area contributed by atoms with E-state index in [2.05, 4.69) is 107 Å². The summed E-state index contributed by atoms with van der Waals surface area (Å²) in [5, 5.41) is 40.0. The van der Waals surface area contributed by atoms with Gasteiger partial charge in [-0.3, -0.25) is 9.20 Å². The topological polar surface area (TPSA) is 315 Å². The lowest BCUT2D eigenvalue weighted by molar-refractivity contribution is -0.167. The summed E-state index contributed by atoms with van der Waals surface area (Å²) in [5.74, 6) is 3.87. The predicted molar refractivity (Wildman–Crippen MR) is 526 cm³/mol. The van der Waals surface area contributed by atoms with E-state index in [1.54, 1.807) is 47.3 Å². The van der Waals surface area contributed by atoms with Crippen molar-refractivity contribution >= 4 is 80.1 Å². The van der Waals surface area contributed by atoms with Crippen LogP contribution in [0, 0.1) is 6.92 Å². The van der Waals surface area contributed by atoms with E-state index in [-0.39, 0.29) is 73.0 Å². The Bertz CT molecular complexity index is 5520. The smallest absolute Gasteiger partial charge is 0.494 e. The molecule has 9 aromatic carbocycles. The van der Waals surface area contributed by atoms with Crippen LogP contribution < -0.4 is 36.6 Å². The molecule has 0 atom stereocenters. The number of fused-ring (bicyclic) bond motifs is 1. The summed E-state index contributed by atoms with van der Waals surface area (Å²) in [4.78, 5) is 39.0. The number of halogens is 2. The normalized spacial score (nSPS) is 13.5. The SMILES string of the molecule is CC1(C)OB(c2ccc(O)cc2)OC1(C)C.CCCBr.CCCOc1ccc(-c2cnc(N)c(Cc3ccccc3)n2)cc1.CCCOc1ccc(B2OC(C)(C)C(C)(C)O2)cc1.CCOC(OCC)C(=O)Cc1ccc(C)cc1.Nc1ncc(Br)nc1Cc1ccccc1.OCCOc1ccc(-c2cn3c(O)c(Cc4ccc(O)cc4)nc3c(Cc3ccccc3)n2)cc1. The lowest BCUT2D eigenvalue weighted by atomic mass is 9.79. The van der Waals surface area contributed by atoms with Gasteiger partial charge >= 0.3 is 14.2 Å². The average molecular weight is 1890 g/mol. The second kappa shape index (κ2) is 50.7. The van der Waals surface area contributed by atoms with Gasteiger partial charge in [0.15, 0.2) is 11.4 Å². The minimum absolute atomic E-state index is 0.0300. The molecule has 0 amide bonds. The molecule has 13 aromatic rings. The number of rotatable bonds is 29. The third kappa shape index (κ3) is 31.2. The third-order valence-corrected chi connectivity index (χ3v) is 22.6. The highest BCUT2D eigenvalue weighted by Gasteiger charge is 2.53. The number of aromatic hydroxyl groups is 3. The van der Waals surface area contributed by atoms with E-state index in [1.807, 2.05) is 249 Å². The number of aliphatic hydroxyl groups is 1. The molecule has 684 valence electrons. The number of ether oxygens (including phenoxy) is 5. The van der Waals surface area contributed by atoms with E-state index in [0.29, 0.717) is 84.3 Å². The molecule has 2 aliphatic rings. The summed E-state index contributed by atoms with van der Waals surface area (Å²) >= 11 is 6.53. The summed E-state index contributed by atoms with van der Waals surface area (Å²) in [7, 11) is -0.657. The molecule has 0 aliphatic carbocycles. The van der Waals surface area contributed by atoms with Crippen molar-refractivity contribution in [3.63, 3.8) is 0 Å². The highest BCUT2D eigenvalue weighted by Crippen LogP contribution is 2.39. The summed E-state index contributed by atoms with van der Waals surface area (Å²) in [6.45, 7) is 31.0. The Morgan fingerprint density at radius 2 is 0.815 bits per heavy atom. The van der Waals surface area contributed by atoms with Gasteiger partial charge in [0.25, 0.3) is 0 Å². The summed E-state index contributed by atoms with van der Waals surface area (Å²) < 4.78 is 53.4. The standard InChI is InChI=1S/C28H25N3O4.C20H21N3O.C15H23BO3.C14H20O3.C12H17BO3.C11H10BrN3.C3H7Br/c32-14-15-35-23-12-8-21(9-13-23)26-18-31-27(24(29-26)16-19-4-2-1-3-5-19)30-25(28(31)34)17-20-6-10-22(33)11-7-20;1-2-12-24-17-10-8-16(9-11-17)19-14-22-20(21)18(23-19)13-15-6-4-3-5-7-15;1-6-11-17-13-9-7-12(8-10-13)16-18-14(2,3)15(4,5)19-16;1-4-16-14(17-5-2)13(15)10-12-8-6-11(3)7-9-12;1-11(2)12(3,4)16-13(15-11)9-5-7-10(14)8-6-9;12-10-7-14-11(13)9(15-10)6-8-4-2-1-3-5-8;1-2-3-4/h1-13,18,32-34H,14-17H2;3-11,14H,2,12-13H2,1H3,(H2,21,22);7-10H,6,11H2,1-5H3;6-9,14H,4-5,10H2,1-3H3;5-8,14H,1-4H3;1-5,7H,6H2,(H2,13,14);2-3H2,1H3. The van der Waals surface area contributed by atoms with Crippen molar-refractivity contribution in [1.29, 1.82) is 0 Å². The number of imidazole rings is 1. The number of aryl methyl sites for hydroxylation is 1. The van der Waals surface area contributed by atoms with Crippen molar-refractivity contribution in [3.8, 4) is 57.1 Å². The quantitative estimate of drug-likeness (QED) is 0.0144. The first-order chi connectivity index (χ1) is 62.4. The van der Waals surface area contributed by atoms with Crippen LogP contribution in [0.3, 0.4) is 0 Å².